The Hall–Kier alpha value is -0.870. The van der Waals surface area contributed by atoms with Crippen molar-refractivity contribution in [2.75, 3.05) is 0 Å². The van der Waals surface area contributed by atoms with Crippen molar-refractivity contribution in [3.63, 3.8) is 0 Å². The van der Waals surface area contributed by atoms with E-state index in [2.05, 4.69) is 30.6 Å². The quantitative estimate of drug-likeness (QED) is 0.637. The van der Waals surface area contributed by atoms with Gasteiger partial charge in [-0.05, 0) is 31.6 Å². The molecule has 1 saturated carbocycles. The lowest BCUT2D eigenvalue weighted by Crippen LogP contribution is -2.36. The van der Waals surface area contributed by atoms with Gasteiger partial charge < -0.3 is 0 Å². The number of aryl methyl sites for hydroxylation is 2. The molecule has 1 aliphatic carbocycles. The first-order chi connectivity index (χ1) is 8.65. The zero-order valence-electron chi connectivity index (χ0n) is 11.8. The van der Waals surface area contributed by atoms with Gasteiger partial charge in [-0.25, -0.2) is 0 Å². The van der Waals surface area contributed by atoms with Crippen molar-refractivity contribution in [1.29, 1.82) is 0 Å². The van der Waals surface area contributed by atoms with E-state index in [9.17, 15) is 0 Å². The molecule has 1 aromatic rings. The van der Waals surface area contributed by atoms with E-state index < -0.39 is 0 Å². The summed E-state index contributed by atoms with van der Waals surface area (Å²) in [4.78, 5) is 0. The third-order valence-electron chi connectivity index (χ3n) is 4.44. The number of nitrogens with two attached hydrogens (primary N) is 1. The van der Waals surface area contributed by atoms with Crippen LogP contribution in [0.5, 0.6) is 0 Å². The molecule has 0 radical (unpaired) electrons. The summed E-state index contributed by atoms with van der Waals surface area (Å²) in [6.07, 6.45) is 8.69. The van der Waals surface area contributed by atoms with Gasteiger partial charge in [0.05, 0.1) is 11.7 Å². The average molecular weight is 250 g/mol. The predicted octanol–water partition coefficient (Wildman–Crippen LogP) is 2.45. The maximum absolute atomic E-state index is 5.81. The maximum Gasteiger partial charge on any atom is 0.0642 e. The van der Waals surface area contributed by atoms with E-state index in [-0.39, 0.29) is 6.04 Å². The van der Waals surface area contributed by atoms with Crippen LogP contribution in [0, 0.1) is 18.8 Å². The van der Waals surface area contributed by atoms with Gasteiger partial charge in [0.15, 0.2) is 0 Å². The highest BCUT2D eigenvalue weighted by Gasteiger charge is 2.29. The summed E-state index contributed by atoms with van der Waals surface area (Å²) in [5, 5.41) is 4.44. The molecule has 2 rings (SSSR count). The highest BCUT2D eigenvalue weighted by Crippen LogP contribution is 2.38. The van der Waals surface area contributed by atoms with Crippen LogP contribution in [0.4, 0.5) is 0 Å². The van der Waals surface area contributed by atoms with Gasteiger partial charge in [-0.3, -0.25) is 16.0 Å². The van der Waals surface area contributed by atoms with Crippen LogP contribution in [-0.4, -0.2) is 9.78 Å². The van der Waals surface area contributed by atoms with Gasteiger partial charge in [0, 0.05) is 18.8 Å². The molecule has 3 unspecified atom stereocenters. The molecule has 0 saturated heterocycles. The van der Waals surface area contributed by atoms with Gasteiger partial charge in [-0.15, -0.1) is 0 Å². The first-order valence-electron chi connectivity index (χ1n) is 7.12. The van der Waals surface area contributed by atoms with Crippen molar-refractivity contribution < 1.29 is 0 Å². The summed E-state index contributed by atoms with van der Waals surface area (Å²) in [6, 6.07) is 0.257. The molecule has 102 valence electrons. The molecule has 4 nitrogen and oxygen atoms in total. The van der Waals surface area contributed by atoms with Crippen LogP contribution in [0.25, 0.3) is 0 Å². The van der Waals surface area contributed by atoms with Gasteiger partial charge in [0.1, 0.15) is 0 Å². The largest absolute Gasteiger partial charge is 0.275 e. The summed E-state index contributed by atoms with van der Waals surface area (Å²) >= 11 is 0. The van der Waals surface area contributed by atoms with Crippen molar-refractivity contribution in [2.24, 2.45) is 24.7 Å². The van der Waals surface area contributed by atoms with E-state index in [4.69, 9.17) is 5.84 Å². The molecule has 0 aliphatic heterocycles. The molecule has 0 spiro atoms. The number of nitrogens with zero attached hydrogens (tertiary/aromatic N) is 2. The average Bonchev–Trinajstić information content (AvgIpc) is 2.70. The topological polar surface area (TPSA) is 55.9 Å². The van der Waals surface area contributed by atoms with Crippen LogP contribution in [0.15, 0.2) is 6.20 Å². The van der Waals surface area contributed by atoms with E-state index >= 15 is 0 Å². The Labute approximate surface area is 110 Å². The Kier molecular flexibility index (Phi) is 4.40. The molecule has 1 aromatic heterocycles. The van der Waals surface area contributed by atoms with Crippen LogP contribution in [0.2, 0.25) is 0 Å². The number of nitrogens with one attached hydrogen (secondary N) is 1. The van der Waals surface area contributed by atoms with Crippen molar-refractivity contribution in [3.8, 4) is 0 Å². The summed E-state index contributed by atoms with van der Waals surface area (Å²) in [5.41, 5.74) is 5.40. The van der Waals surface area contributed by atoms with Gasteiger partial charge in [0.2, 0.25) is 0 Å². The lowest BCUT2D eigenvalue weighted by atomic mass is 9.75. The molecule has 0 amide bonds. The first-order valence-corrected chi connectivity index (χ1v) is 7.12. The Morgan fingerprint density at radius 1 is 1.56 bits per heavy atom. The molecule has 3 N–H and O–H groups in total. The van der Waals surface area contributed by atoms with Gasteiger partial charge >= 0.3 is 0 Å². The fourth-order valence-electron chi connectivity index (χ4n) is 3.41. The Bertz CT molecular complexity index is 385. The number of hydrazine groups is 1. The summed E-state index contributed by atoms with van der Waals surface area (Å²) in [6.45, 7) is 4.37. The monoisotopic (exact) mass is 250 g/mol. The fraction of sp³-hybridized carbons (Fsp3) is 0.786. The third-order valence-corrected chi connectivity index (χ3v) is 4.44. The lowest BCUT2D eigenvalue weighted by Gasteiger charge is -2.33. The Morgan fingerprint density at radius 2 is 2.33 bits per heavy atom. The lowest BCUT2D eigenvalue weighted by molar-refractivity contribution is 0.209. The van der Waals surface area contributed by atoms with Gasteiger partial charge in [-0.2, -0.15) is 5.10 Å². The Morgan fingerprint density at radius 3 is 2.89 bits per heavy atom. The molecular weight excluding hydrogens is 224 g/mol. The summed E-state index contributed by atoms with van der Waals surface area (Å²) in [7, 11) is 1.97. The second-order valence-corrected chi connectivity index (χ2v) is 5.69. The molecule has 1 heterocycles. The molecule has 3 atom stereocenters. The highest BCUT2D eigenvalue weighted by molar-refractivity contribution is 5.21. The van der Waals surface area contributed by atoms with Crippen LogP contribution < -0.4 is 11.3 Å². The molecule has 0 aromatic carbocycles. The standard InChI is InChI=1S/C14H26N4/c1-4-11-6-5-7-12(8-11)14(16-15)13-9-18(3)17-10(13)2/h9,11-12,14,16H,4-8,15H2,1-3H3. The molecule has 0 bridgehead atoms. The third kappa shape index (κ3) is 2.75. The van der Waals surface area contributed by atoms with E-state index in [1.54, 1.807) is 0 Å². The smallest absolute Gasteiger partial charge is 0.0642 e. The van der Waals surface area contributed by atoms with Crippen molar-refractivity contribution in [3.05, 3.63) is 17.5 Å². The minimum Gasteiger partial charge on any atom is -0.275 e. The number of hydrogen-bond donors (Lipinski definition) is 2. The first kappa shape index (κ1) is 13.6. The number of hydrogen-bond acceptors (Lipinski definition) is 3. The van der Waals surface area contributed by atoms with Crippen molar-refractivity contribution in [1.82, 2.24) is 15.2 Å². The van der Waals surface area contributed by atoms with Gasteiger partial charge in [0.25, 0.3) is 0 Å². The van der Waals surface area contributed by atoms with Crippen LogP contribution in [0.3, 0.4) is 0 Å². The Balaban J connectivity index is 2.15. The molecule has 4 heteroatoms. The predicted molar refractivity (Wildman–Crippen MR) is 73.7 cm³/mol. The van der Waals surface area contributed by atoms with Crippen LogP contribution >= 0.6 is 0 Å². The SMILES string of the molecule is CCC1CCCC(C(NN)c2cn(C)nc2C)C1. The zero-order valence-corrected chi connectivity index (χ0v) is 11.8. The van der Waals surface area contributed by atoms with Crippen LogP contribution in [0.1, 0.15) is 56.3 Å². The van der Waals surface area contributed by atoms with Crippen LogP contribution in [-0.2, 0) is 7.05 Å². The van der Waals surface area contributed by atoms with Gasteiger partial charge in [-0.1, -0.05) is 26.2 Å². The minimum atomic E-state index is 0.257. The molecular formula is C14H26N4. The molecule has 1 aliphatic rings. The second kappa shape index (κ2) is 5.85. The molecule has 1 fully saturated rings. The minimum absolute atomic E-state index is 0.257. The van der Waals surface area contributed by atoms with E-state index in [1.807, 2.05) is 11.7 Å². The maximum atomic E-state index is 5.81. The summed E-state index contributed by atoms with van der Waals surface area (Å²) in [5.74, 6) is 7.34. The summed E-state index contributed by atoms with van der Waals surface area (Å²) < 4.78 is 1.88. The zero-order chi connectivity index (χ0) is 13.1. The van der Waals surface area contributed by atoms with Crippen molar-refractivity contribution in [2.45, 2.75) is 52.0 Å². The van der Waals surface area contributed by atoms with Crippen molar-refractivity contribution >= 4 is 0 Å². The highest BCUT2D eigenvalue weighted by atomic mass is 15.3. The number of aromatic nitrogens is 2. The number of rotatable bonds is 4. The second-order valence-electron chi connectivity index (χ2n) is 5.69. The fourth-order valence-corrected chi connectivity index (χ4v) is 3.41. The van der Waals surface area contributed by atoms with E-state index in [1.165, 1.54) is 37.7 Å². The van der Waals surface area contributed by atoms with E-state index in [0.717, 1.165) is 11.6 Å². The molecule has 18 heavy (non-hydrogen) atoms. The normalized spacial score (nSPS) is 26.2. The van der Waals surface area contributed by atoms with E-state index in [0.29, 0.717) is 5.92 Å².